The van der Waals surface area contributed by atoms with Gasteiger partial charge < -0.3 is 10.2 Å². The minimum atomic E-state index is 0.0314. The quantitative estimate of drug-likeness (QED) is 0.779. The highest BCUT2D eigenvalue weighted by Crippen LogP contribution is 2.48. The Morgan fingerprint density at radius 3 is 2.39 bits per heavy atom. The van der Waals surface area contributed by atoms with E-state index in [-0.39, 0.29) is 17.1 Å². The molecule has 28 heavy (non-hydrogen) atoms. The van der Waals surface area contributed by atoms with Crippen LogP contribution in [0.15, 0.2) is 30.3 Å². The molecule has 0 aromatic heterocycles. The van der Waals surface area contributed by atoms with Gasteiger partial charge in [-0.15, -0.1) is 0 Å². The molecule has 1 aromatic carbocycles. The van der Waals surface area contributed by atoms with E-state index in [1.807, 2.05) is 0 Å². The van der Waals surface area contributed by atoms with Crippen molar-refractivity contribution < 1.29 is 4.79 Å². The van der Waals surface area contributed by atoms with Crippen LogP contribution < -0.4 is 5.32 Å². The van der Waals surface area contributed by atoms with Crippen LogP contribution in [0, 0.1) is 11.8 Å². The van der Waals surface area contributed by atoms with Gasteiger partial charge in [-0.2, -0.15) is 0 Å². The molecule has 0 radical (unpaired) electrons. The molecule has 1 spiro atoms. The molecule has 1 aromatic rings. The van der Waals surface area contributed by atoms with Crippen molar-refractivity contribution >= 4 is 6.03 Å². The maximum absolute atomic E-state index is 12.6. The average Bonchev–Trinajstić information content (AvgIpc) is 2.95. The lowest BCUT2D eigenvalue weighted by molar-refractivity contribution is 0.00130. The Hall–Kier alpha value is -1.55. The van der Waals surface area contributed by atoms with Crippen molar-refractivity contribution in [2.45, 2.75) is 69.9 Å². The maximum Gasteiger partial charge on any atom is 0.318 e. The summed E-state index contributed by atoms with van der Waals surface area (Å²) in [6.07, 6.45) is 8.36. The molecule has 4 heteroatoms. The smallest absolute Gasteiger partial charge is 0.318 e. The van der Waals surface area contributed by atoms with Crippen LogP contribution in [0.5, 0.6) is 0 Å². The Morgan fingerprint density at radius 2 is 1.82 bits per heavy atom. The Kier molecular flexibility index (Phi) is 5.43. The molecule has 3 fully saturated rings. The Balaban J connectivity index is 1.56. The highest BCUT2D eigenvalue weighted by Gasteiger charge is 2.52. The molecule has 3 aliphatic rings. The minimum absolute atomic E-state index is 0.0314. The third-order valence-electron chi connectivity index (χ3n) is 7.74. The number of hydrogen-bond donors (Lipinski definition) is 1. The molecule has 1 heterocycles. The predicted molar refractivity (Wildman–Crippen MR) is 114 cm³/mol. The van der Waals surface area contributed by atoms with Crippen LogP contribution in [-0.4, -0.2) is 48.1 Å². The molecule has 0 bridgehead atoms. The van der Waals surface area contributed by atoms with Gasteiger partial charge in [-0.05, 0) is 63.0 Å². The van der Waals surface area contributed by atoms with Gasteiger partial charge in [0.25, 0.3) is 0 Å². The van der Waals surface area contributed by atoms with E-state index in [4.69, 9.17) is 0 Å². The van der Waals surface area contributed by atoms with E-state index in [9.17, 15) is 4.79 Å². The third-order valence-corrected chi connectivity index (χ3v) is 7.74. The number of benzene rings is 1. The molecule has 2 saturated carbocycles. The predicted octanol–water partition coefficient (Wildman–Crippen LogP) is 4.61. The monoisotopic (exact) mass is 383 g/mol. The number of urea groups is 1. The molecule has 1 aliphatic heterocycles. The molecular weight excluding hydrogens is 346 g/mol. The first-order valence-electron chi connectivity index (χ1n) is 11.3. The second-order valence-corrected chi connectivity index (χ2v) is 9.96. The summed E-state index contributed by atoms with van der Waals surface area (Å²) < 4.78 is 0. The normalized spacial score (nSPS) is 30.9. The molecule has 0 atom stereocenters. The van der Waals surface area contributed by atoms with Crippen LogP contribution in [0.25, 0.3) is 0 Å². The van der Waals surface area contributed by atoms with Crippen molar-refractivity contribution in [2.24, 2.45) is 11.8 Å². The van der Waals surface area contributed by atoms with Crippen molar-refractivity contribution in [3.8, 4) is 0 Å². The van der Waals surface area contributed by atoms with Gasteiger partial charge in [0.1, 0.15) is 0 Å². The average molecular weight is 384 g/mol. The molecule has 4 rings (SSSR count). The maximum atomic E-state index is 12.6. The Bertz CT molecular complexity index is 674. The topological polar surface area (TPSA) is 35.6 Å². The molecule has 2 amide bonds. The van der Waals surface area contributed by atoms with Crippen LogP contribution in [-0.2, 0) is 5.54 Å². The van der Waals surface area contributed by atoms with Crippen molar-refractivity contribution in [1.29, 1.82) is 0 Å². The van der Waals surface area contributed by atoms with Crippen LogP contribution >= 0.6 is 0 Å². The summed E-state index contributed by atoms with van der Waals surface area (Å²) in [4.78, 5) is 17.5. The first kappa shape index (κ1) is 19.8. The zero-order valence-corrected chi connectivity index (χ0v) is 17.9. The first-order chi connectivity index (χ1) is 13.5. The SMILES string of the molecule is CC(C)CN(C)[C@]1(c2ccccc2)CC[C@]2(CC1)CNC(=O)N2CC1CCC1. The van der Waals surface area contributed by atoms with E-state index in [0.717, 1.165) is 51.2 Å². The molecule has 2 aliphatic carbocycles. The van der Waals surface area contributed by atoms with E-state index < -0.39 is 0 Å². The van der Waals surface area contributed by atoms with E-state index in [2.05, 4.69) is 66.3 Å². The van der Waals surface area contributed by atoms with Gasteiger partial charge in [-0.3, -0.25) is 4.90 Å². The zero-order chi connectivity index (χ0) is 19.8. The highest BCUT2D eigenvalue weighted by molar-refractivity contribution is 5.78. The van der Waals surface area contributed by atoms with Gasteiger partial charge >= 0.3 is 6.03 Å². The summed E-state index contributed by atoms with van der Waals surface area (Å²) in [7, 11) is 2.30. The number of amides is 2. The number of hydrogen-bond acceptors (Lipinski definition) is 2. The van der Waals surface area contributed by atoms with E-state index >= 15 is 0 Å². The van der Waals surface area contributed by atoms with Gasteiger partial charge in [0.15, 0.2) is 0 Å². The van der Waals surface area contributed by atoms with Crippen LogP contribution in [0.3, 0.4) is 0 Å². The van der Waals surface area contributed by atoms with E-state index in [0.29, 0.717) is 5.92 Å². The fourth-order valence-electron chi connectivity index (χ4n) is 5.79. The number of nitrogens with zero attached hydrogens (tertiary/aromatic N) is 2. The molecule has 1 saturated heterocycles. The lowest BCUT2D eigenvalue weighted by Gasteiger charge is -2.52. The van der Waals surface area contributed by atoms with Crippen LogP contribution in [0.2, 0.25) is 0 Å². The Labute approximate surface area is 170 Å². The standard InChI is InChI=1S/C24H37N3O/c1-19(2)16-26(3)24(21-10-5-4-6-11-21)14-12-23(13-15-24)18-25-22(28)27(23)17-20-8-7-9-20/h4-6,10-11,19-20H,7-9,12-18H2,1-3H3,(H,25,28)/t23-,24+. The molecular formula is C24H37N3O. The van der Waals surface area contributed by atoms with Crippen molar-refractivity contribution in [2.75, 3.05) is 26.7 Å². The summed E-state index contributed by atoms with van der Waals surface area (Å²) in [6.45, 7) is 7.51. The first-order valence-corrected chi connectivity index (χ1v) is 11.3. The van der Waals surface area contributed by atoms with Crippen LogP contribution in [0.4, 0.5) is 4.79 Å². The molecule has 4 nitrogen and oxygen atoms in total. The second-order valence-electron chi connectivity index (χ2n) is 9.96. The number of rotatable bonds is 6. The van der Waals surface area contributed by atoms with E-state index in [1.54, 1.807) is 0 Å². The Morgan fingerprint density at radius 1 is 1.14 bits per heavy atom. The molecule has 0 unspecified atom stereocenters. The summed E-state index contributed by atoms with van der Waals surface area (Å²) >= 11 is 0. The van der Waals surface area contributed by atoms with Crippen molar-refractivity contribution in [1.82, 2.24) is 15.1 Å². The summed E-state index contributed by atoms with van der Waals surface area (Å²) in [5, 5.41) is 3.19. The van der Waals surface area contributed by atoms with Gasteiger partial charge in [-0.25, -0.2) is 4.79 Å². The zero-order valence-electron chi connectivity index (χ0n) is 17.9. The van der Waals surface area contributed by atoms with Gasteiger partial charge in [0.05, 0.1) is 5.54 Å². The number of carbonyl (C=O) groups is 1. The summed E-state index contributed by atoms with van der Waals surface area (Å²) in [5.41, 5.74) is 1.56. The van der Waals surface area contributed by atoms with Gasteiger partial charge in [0, 0.05) is 25.2 Å². The molecule has 1 N–H and O–H groups in total. The number of nitrogens with one attached hydrogen (secondary N) is 1. The lowest BCUT2D eigenvalue weighted by Crippen LogP contribution is -2.57. The fourth-order valence-corrected chi connectivity index (χ4v) is 5.79. The third kappa shape index (κ3) is 3.45. The minimum Gasteiger partial charge on any atom is -0.336 e. The summed E-state index contributed by atoms with van der Waals surface area (Å²) in [6, 6.07) is 11.2. The second kappa shape index (κ2) is 7.70. The highest BCUT2D eigenvalue weighted by atomic mass is 16.2. The van der Waals surface area contributed by atoms with Crippen molar-refractivity contribution in [3.63, 3.8) is 0 Å². The van der Waals surface area contributed by atoms with Crippen LogP contribution in [0.1, 0.15) is 64.4 Å². The largest absolute Gasteiger partial charge is 0.336 e. The van der Waals surface area contributed by atoms with Gasteiger partial charge in [0.2, 0.25) is 0 Å². The van der Waals surface area contributed by atoms with Crippen molar-refractivity contribution in [3.05, 3.63) is 35.9 Å². The fraction of sp³-hybridized carbons (Fsp3) is 0.708. The van der Waals surface area contributed by atoms with E-state index in [1.165, 1.54) is 24.8 Å². The summed E-state index contributed by atoms with van der Waals surface area (Å²) in [5.74, 6) is 1.37. The lowest BCUT2D eigenvalue weighted by atomic mass is 9.67. The number of carbonyl (C=O) groups excluding carboxylic acids is 1. The molecule has 154 valence electrons. The van der Waals surface area contributed by atoms with Gasteiger partial charge in [-0.1, -0.05) is 50.6 Å².